The van der Waals surface area contributed by atoms with Gasteiger partial charge in [0.25, 0.3) is 0 Å². The van der Waals surface area contributed by atoms with Gasteiger partial charge in [-0.3, -0.25) is 4.79 Å². The average Bonchev–Trinajstić information content (AvgIpc) is 2.88. The van der Waals surface area contributed by atoms with Gasteiger partial charge in [-0.15, -0.1) is 0 Å². The maximum Gasteiger partial charge on any atom is 0.171 e. The molecule has 1 saturated heterocycles. The van der Waals surface area contributed by atoms with E-state index in [2.05, 4.69) is 6.08 Å². The van der Waals surface area contributed by atoms with Crippen molar-refractivity contribution in [2.45, 2.75) is 38.4 Å². The van der Waals surface area contributed by atoms with Gasteiger partial charge in [0.05, 0.1) is 13.2 Å². The van der Waals surface area contributed by atoms with E-state index in [0.29, 0.717) is 11.8 Å². The minimum atomic E-state index is -0.302. The van der Waals surface area contributed by atoms with Crippen LogP contribution >= 0.6 is 0 Å². The maximum atomic E-state index is 11.4. The van der Waals surface area contributed by atoms with E-state index in [1.807, 2.05) is 0 Å². The van der Waals surface area contributed by atoms with E-state index in [9.17, 15) is 4.79 Å². The second kappa shape index (κ2) is 3.67. The summed E-state index contributed by atoms with van der Waals surface area (Å²) in [5, 5.41) is 0. The molecule has 0 aromatic rings. The first-order chi connectivity index (χ1) is 7.71. The number of rotatable bonds is 1. The highest BCUT2D eigenvalue weighted by atomic mass is 16.7. The topological polar surface area (TPSA) is 35.5 Å². The molecule has 0 aromatic heterocycles. The second-order valence-electron chi connectivity index (χ2n) is 5.14. The molecule has 0 unspecified atom stereocenters. The number of hydrogen-bond acceptors (Lipinski definition) is 3. The highest BCUT2D eigenvalue weighted by molar-refractivity contribution is 5.93. The summed E-state index contributed by atoms with van der Waals surface area (Å²) >= 11 is 0. The van der Waals surface area contributed by atoms with E-state index < -0.39 is 0 Å². The van der Waals surface area contributed by atoms with Gasteiger partial charge < -0.3 is 9.47 Å². The van der Waals surface area contributed by atoms with Crippen LogP contribution in [0.15, 0.2) is 11.6 Å². The molecule has 3 heteroatoms. The monoisotopic (exact) mass is 222 g/mol. The van der Waals surface area contributed by atoms with Gasteiger partial charge in [-0.25, -0.2) is 0 Å². The summed E-state index contributed by atoms with van der Waals surface area (Å²) in [6, 6.07) is 0. The Hall–Kier alpha value is -0.670. The van der Waals surface area contributed by atoms with Crippen molar-refractivity contribution in [3.8, 4) is 0 Å². The molecule has 16 heavy (non-hydrogen) atoms. The van der Waals surface area contributed by atoms with E-state index in [1.165, 1.54) is 0 Å². The largest absolute Gasteiger partial charge is 0.347 e. The molecule has 1 spiro atoms. The Balaban J connectivity index is 1.81. The zero-order valence-electron chi connectivity index (χ0n) is 9.70. The van der Waals surface area contributed by atoms with Gasteiger partial charge in [0, 0.05) is 12.3 Å². The van der Waals surface area contributed by atoms with Crippen molar-refractivity contribution in [2.24, 2.45) is 11.8 Å². The van der Waals surface area contributed by atoms with Crippen LogP contribution in [0, 0.1) is 11.8 Å². The molecule has 3 rings (SSSR count). The number of carbonyl (C=O) groups excluding carboxylic acids is 1. The highest BCUT2D eigenvalue weighted by Crippen LogP contribution is 2.51. The molecule has 1 saturated carbocycles. The fourth-order valence-electron chi connectivity index (χ4n) is 3.50. The number of fused-ring (bicyclic) bond motifs is 2. The minimum absolute atomic E-state index is 0.229. The minimum Gasteiger partial charge on any atom is -0.347 e. The number of ether oxygens (including phenoxy) is 2. The van der Waals surface area contributed by atoms with E-state index in [1.54, 1.807) is 6.92 Å². The molecule has 0 amide bonds. The Morgan fingerprint density at radius 2 is 2.19 bits per heavy atom. The zero-order valence-corrected chi connectivity index (χ0v) is 9.70. The number of Topliss-reactive ketones (excluding diaryl/α,β-unsaturated/α-hetero) is 1. The highest BCUT2D eigenvalue weighted by Gasteiger charge is 2.53. The summed E-state index contributed by atoms with van der Waals surface area (Å²) in [4.78, 5) is 11.4. The van der Waals surface area contributed by atoms with Gasteiger partial charge in [-0.05, 0) is 37.7 Å². The third-order valence-electron chi connectivity index (χ3n) is 4.33. The molecule has 0 bridgehead atoms. The fourth-order valence-corrected chi connectivity index (χ4v) is 3.50. The van der Waals surface area contributed by atoms with Crippen LogP contribution in [-0.4, -0.2) is 24.8 Å². The van der Waals surface area contributed by atoms with Crippen molar-refractivity contribution in [2.75, 3.05) is 13.2 Å². The Labute approximate surface area is 95.8 Å². The standard InChI is InChI=1S/C13H18O3/c1-9(14)10-2-3-12-11(8-10)4-5-13(12)15-6-7-16-13/h2,11-12H,3-8H2,1H3/t11-,12-/m1/s1. The molecule has 2 fully saturated rings. The van der Waals surface area contributed by atoms with Gasteiger partial charge in [0.15, 0.2) is 11.6 Å². The fraction of sp³-hybridized carbons (Fsp3) is 0.769. The lowest BCUT2D eigenvalue weighted by atomic mass is 9.79. The molecule has 2 aliphatic carbocycles. The molecule has 3 nitrogen and oxygen atoms in total. The molecule has 0 aromatic carbocycles. The Kier molecular flexibility index (Phi) is 2.41. The van der Waals surface area contributed by atoms with Crippen molar-refractivity contribution in [1.29, 1.82) is 0 Å². The van der Waals surface area contributed by atoms with Crippen LogP contribution in [0.2, 0.25) is 0 Å². The lowest BCUT2D eigenvalue weighted by Crippen LogP contribution is -2.37. The third-order valence-corrected chi connectivity index (χ3v) is 4.33. The lowest BCUT2D eigenvalue weighted by molar-refractivity contribution is -0.186. The second-order valence-corrected chi connectivity index (χ2v) is 5.14. The molecule has 0 radical (unpaired) electrons. The normalized spacial score (nSPS) is 36.2. The smallest absolute Gasteiger partial charge is 0.171 e. The zero-order chi connectivity index (χ0) is 11.2. The summed E-state index contributed by atoms with van der Waals surface area (Å²) < 4.78 is 11.7. The van der Waals surface area contributed by atoms with Crippen LogP contribution in [0.25, 0.3) is 0 Å². The maximum absolute atomic E-state index is 11.4. The van der Waals surface area contributed by atoms with Crippen molar-refractivity contribution in [3.05, 3.63) is 11.6 Å². The van der Waals surface area contributed by atoms with E-state index in [0.717, 1.165) is 44.5 Å². The number of carbonyl (C=O) groups is 1. The van der Waals surface area contributed by atoms with Gasteiger partial charge >= 0.3 is 0 Å². The van der Waals surface area contributed by atoms with E-state index >= 15 is 0 Å². The van der Waals surface area contributed by atoms with Crippen molar-refractivity contribution >= 4 is 5.78 Å². The predicted molar refractivity (Wildman–Crippen MR) is 58.8 cm³/mol. The SMILES string of the molecule is CC(=O)C1=CC[C@@H]2[C@H](CCC23OCCO3)C1. The number of allylic oxidation sites excluding steroid dienone is 2. The molecule has 1 heterocycles. The van der Waals surface area contributed by atoms with Crippen molar-refractivity contribution < 1.29 is 14.3 Å². The van der Waals surface area contributed by atoms with Crippen LogP contribution in [0.3, 0.4) is 0 Å². The Morgan fingerprint density at radius 3 is 2.88 bits per heavy atom. The number of ketones is 1. The molecule has 0 N–H and O–H groups in total. The Morgan fingerprint density at radius 1 is 1.44 bits per heavy atom. The Bertz CT molecular complexity index is 339. The molecular formula is C13H18O3. The molecule has 88 valence electrons. The average molecular weight is 222 g/mol. The van der Waals surface area contributed by atoms with Crippen LogP contribution in [0.5, 0.6) is 0 Å². The summed E-state index contributed by atoms with van der Waals surface area (Å²) in [6.07, 6.45) is 6.10. The van der Waals surface area contributed by atoms with E-state index in [4.69, 9.17) is 9.47 Å². The molecule has 3 aliphatic rings. The predicted octanol–water partition coefficient (Wildman–Crippen LogP) is 2.06. The van der Waals surface area contributed by atoms with Gasteiger partial charge in [-0.2, -0.15) is 0 Å². The number of hydrogen-bond donors (Lipinski definition) is 0. The molecule has 1 aliphatic heterocycles. The lowest BCUT2D eigenvalue weighted by Gasteiger charge is -2.34. The first-order valence-corrected chi connectivity index (χ1v) is 6.19. The van der Waals surface area contributed by atoms with Crippen LogP contribution in [0.1, 0.15) is 32.6 Å². The molecule has 2 atom stereocenters. The van der Waals surface area contributed by atoms with E-state index in [-0.39, 0.29) is 11.6 Å². The van der Waals surface area contributed by atoms with Gasteiger partial charge in [-0.1, -0.05) is 6.08 Å². The first-order valence-electron chi connectivity index (χ1n) is 6.19. The van der Waals surface area contributed by atoms with Crippen LogP contribution < -0.4 is 0 Å². The van der Waals surface area contributed by atoms with Crippen molar-refractivity contribution in [3.63, 3.8) is 0 Å². The summed E-state index contributed by atoms with van der Waals surface area (Å²) in [7, 11) is 0. The summed E-state index contributed by atoms with van der Waals surface area (Å²) in [5.74, 6) is 0.983. The van der Waals surface area contributed by atoms with Gasteiger partial charge in [0.1, 0.15) is 0 Å². The molecular weight excluding hydrogens is 204 g/mol. The van der Waals surface area contributed by atoms with Crippen LogP contribution in [-0.2, 0) is 14.3 Å². The summed E-state index contributed by atoms with van der Waals surface area (Å²) in [5.41, 5.74) is 1.01. The van der Waals surface area contributed by atoms with Gasteiger partial charge in [0.2, 0.25) is 0 Å². The third kappa shape index (κ3) is 1.45. The van der Waals surface area contributed by atoms with Crippen molar-refractivity contribution in [1.82, 2.24) is 0 Å². The first kappa shape index (κ1) is 10.5. The van der Waals surface area contributed by atoms with Crippen LogP contribution in [0.4, 0.5) is 0 Å². The quantitative estimate of drug-likeness (QED) is 0.681. The summed E-state index contributed by atoms with van der Waals surface area (Å²) in [6.45, 7) is 3.12.